The van der Waals surface area contributed by atoms with Crippen molar-refractivity contribution in [2.24, 2.45) is 0 Å². The molecular weight excluding hydrogens is 388 g/mol. The molecule has 0 spiro atoms. The Kier molecular flexibility index (Phi) is 5.63. The summed E-state index contributed by atoms with van der Waals surface area (Å²) in [7, 11) is 0. The molecule has 0 saturated carbocycles. The standard InChI is InChI=1S/C26H20F4/c1-2-17-9-13-23(26(30)25(17)29)20-10-14-22-19(15-20)8-7-18(24(22)28)6-3-16-4-11-21(27)12-5-16/h4-5,7-9,11-13,20H,2,10,14-15H2,1H3. The molecule has 0 amide bonds. The SMILES string of the molecule is CCc1ccc(C2CCc3c(ccc(C#Cc4ccc(F)cc4)c3F)C2)c(F)c1F. The van der Waals surface area contributed by atoms with Crippen LogP contribution in [0.25, 0.3) is 0 Å². The van der Waals surface area contributed by atoms with Crippen LogP contribution in [-0.2, 0) is 19.3 Å². The van der Waals surface area contributed by atoms with Gasteiger partial charge in [-0.1, -0.05) is 37.0 Å². The van der Waals surface area contributed by atoms with Crippen molar-refractivity contribution in [3.05, 3.63) is 105 Å². The Hall–Kier alpha value is -3.06. The van der Waals surface area contributed by atoms with Crippen LogP contribution in [0.3, 0.4) is 0 Å². The van der Waals surface area contributed by atoms with Crippen LogP contribution < -0.4 is 0 Å². The molecule has 152 valence electrons. The molecule has 0 aromatic heterocycles. The lowest BCUT2D eigenvalue weighted by atomic mass is 9.79. The third-order valence-corrected chi connectivity index (χ3v) is 5.75. The summed E-state index contributed by atoms with van der Waals surface area (Å²) in [4.78, 5) is 0. The molecule has 0 saturated heterocycles. The lowest BCUT2D eigenvalue weighted by Crippen LogP contribution is -2.16. The topological polar surface area (TPSA) is 0 Å². The van der Waals surface area contributed by atoms with Crippen molar-refractivity contribution in [1.82, 2.24) is 0 Å². The van der Waals surface area contributed by atoms with Crippen LogP contribution >= 0.6 is 0 Å². The van der Waals surface area contributed by atoms with Crippen LogP contribution in [0.5, 0.6) is 0 Å². The van der Waals surface area contributed by atoms with E-state index in [2.05, 4.69) is 11.8 Å². The monoisotopic (exact) mass is 408 g/mol. The Morgan fingerprint density at radius 1 is 0.833 bits per heavy atom. The zero-order valence-electron chi connectivity index (χ0n) is 16.5. The Balaban J connectivity index is 1.60. The van der Waals surface area contributed by atoms with Gasteiger partial charge in [-0.25, -0.2) is 17.6 Å². The van der Waals surface area contributed by atoms with Gasteiger partial charge in [0.1, 0.15) is 11.6 Å². The second-order valence-electron chi connectivity index (χ2n) is 7.56. The highest BCUT2D eigenvalue weighted by molar-refractivity contribution is 5.48. The van der Waals surface area contributed by atoms with Gasteiger partial charge in [0.2, 0.25) is 0 Å². The molecule has 0 radical (unpaired) electrons. The van der Waals surface area contributed by atoms with Gasteiger partial charge in [-0.3, -0.25) is 0 Å². The van der Waals surface area contributed by atoms with E-state index in [1.165, 1.54) is 12.1 Å². The molecule has 4 rings (SSSR count). The lowest BCUT2D eigenvalue weighted by molar-refractivity contribution is 0.465. The first kappa shape index (κ1) is 20.2. The Morgan fingerprint density at radius 2 is 1.60 bits per heavy atom. The van der Waals surface area contributed by atoms with Crippen LogP contribution in [0, 0.1) is 35.1 Å². The first-order valence-electron chi connectivity index (χ1n) is 10.0. The van der Waals surface area contributed by atoms with Gasteiger partial charge in [-0.2, -0.15) is 0 Å². The van der Waals surface area contributed by atoms with E-state index in [1.807, 2.05) is 6.07 Å². The molecule has 0 bridgehead atoms. The highest BCUT2D eigenvalue weighted by Gasteiger charge is 2.27. The number of aryl methyl sites for hydroxylation is 1. The number of fused-ring (bicyclic) bond motifs is 1. The number of rotatable bonds is 2. The molecule has 3 aromatic carbocycles. The molecule has 1 unspecified atom stereocenters. The molecule has 0 heterocycles. The van der Waals surface area contributed by atoms with Crippen LogP contribution in [0.2, 0.25) is 0 Å². The highest BCUT2D eigenvalue weighted by atomic mass is 19.2. The first-order chi connectivity index (χ1) is 14.5. The van der Waals surface area contributed by atoms with Crippen molar-refractivity contribution in [3.8, 4) is 11.8 Å². The largest absolute Gasteiger partial charge is 0.207 e. The van der Waals surface area contributed by atoms with Crippen molar-refractivity contribution in [1.29, 1.82) is 0 Å². The van der Waals surface area contributed by atoms with Crippen molar-refractivity contribution in [3.63, 3.8) is 0 Å². The van der Waals surface area contributed by atoms with Crippen molar-refractivity contribution in [2.45, 2.75) is 38.5 Å². The van der Waals surface area contributed by atoms with Crippen LogP contribution in [0.15, 0.2) is 48.5 Å². The van der Waals surface area contributed by atoms with E-state index in [0.717, 1.165) is 5.56 Å². The second kappa shape index (κ2) is 8.36. The number of hydrogen-bond acceptors (Lipinski definition) is 0. The van der Waals surface area contributed by atoms with E-state index in [9.17, 15) is 17.6 Å². The molecule has 0 fully saturated rings. The molecule has 1 atom stereocenters. The van der Waals surface area contributed by atoms with Gasteiger partial charge in [0.15, 0.2) is 11.6 Å². The van der Waals surface area contributed by atoms with E-state index in [-0.39, 0.29) is 23.1 Å². The summed E-state index contributed by atoms with van der Waals surface area (Å²) < 4.78 is 56.7. The fourth-order valence-electron chi connectivity index (χ4n) is 4.04. The smallest absolute Gasteiger partial charge is 0.162 e. The number of halogens is 4. The van der Waals surface area contributed by atoms with Gasteiger partial charge in [0.05, 0.1) is 5.56 Å². The van der Waals surface area contributed by atoms with Crippen LogP contribution in [0.1, 0.15) is 52.6 Å². The minimum atomic E-state index is -0.787. The minimum Gasteiger partial charge on any atom is -0.207 e. The van der Waals surface area contributed by atoms with Crippen LogP contribution in [0.4, 0.5) is 17.6 Å². The van der Waals surface area contributed by atoms with Gasteiger partial charge in [-0.05, 0) is 84.2 Å². The predicted octanol–water partition coefficient (Wildman–Crippen LogP) is 6.48. The molecule has 1 aliphatic rings. The zero-order chi connectivity index (χ0) is 21.3. The highest BCUT2D eigenvalue weighted by Crippen LogP contribution is 2.36. The van der Waals surface area contributed by atoms with E-state index >= 15 is 0 Å². The van der Waals surface area contributed by atoms with E-state index in [4.69, 9.17) is 0 Å². The van der Waals surface area contributed by atoms with Crippen LogP contribution in [-0.4, -0.2) is 0 Å². The van der Waals surface area contributed by atoms with Gasteiger partial charge in [0, 0.05) is 5.56 Å². The van der Waals surface area contributed by atoms with Crippen molar-refractivity contribution >= 4 is 0 Å². The molecule has 4 heteroatoms. The molecule has 1 aliphatic carbocycles. The quantitative estimate of drug-likeness (QED) is 0.336. The molecule has 0 aliphatic heterocycles. The summed E-state index contributed by atoms with van der Waals surface area (Å²) >= 11 is 0. The van der Waals surface area contributed by atoms with E-state index < -0.39 is 11.6 Å². The molecule has 0 nitrogen and oxygen atoms in total. The van der Waals surface area contributed by atoms with Crippen molar-refractivity contribution < 1.29 is 17.6 Å². The Bertz CT molecular complexity index is 1150. The maximum atomic E-state index is 15.0. The third kappa shape index (κ3) is 3.85. The fraction of sp³-hybridized carbons (Fsp3) is 0.231. The van der Waals surface area contributed by atoms with E-state index in [1.54, 1.807) is 37.3 Å². The zero-order valence-corrected chi connectivity index (χ0v) is 16.5. The Morgan fingerprint density at radius 3 is 2.33 bits per heavy atom. The van der Waals surface area contributed by atoms with Gasteiger partial charge < -0.3 is 0 Å². The normalized spacial score (nSPS) is 15.3. The van der Waals surface area contributed by atoms with Crippen molar-refractivity contribution in [2.75, 3.05) is 0 Å². The molecule has 3 aromatic rings. The summed E-state index contributed by atoms with van der Waals surface area (Å²) in [5, 5.41) is 0. The summed E-state index contributed by atoms with van der Waals surface area (Å²) in [6.45, 7) is 1.79. The summed E-state index contributed by atoms with van der Waals surface area (Å²) in [5.41, 5.74) is 2.99. The number of benzene rings is 3. The first-order valence-corrected chi connectivity index (χ1v) is 10.0. The molecular formula is C26H20F4. The maximum Gasteiger partial charge on any atom is 0.162 e. The molecule has 30 heavy (non-hydrogen) atoms. The second-order valence-corrected chi connectivity index (χ2v) is 7.56. The summed E-state index contributed by atoms with van der Waals surface area (Å²) in [6, 6.07) is 12.4. The minimum absolute atomic E-state index is 0.187. The summed E-state index contributed by atoms with van der Waals surface area (Å²) in [6.07, 6.45) is 1.87. The van der Waals surface area contributed by atoms with Gasteiger partial charge >= 0.3 is 0 Å². The lowest BCUT2D eigenvalue weighted by Gasteiger charge is -2.26. The third-order valence-electron chi connectivity index (χ3n) is 5.75. The van der Waals surface area contributed by atoms with Gasteiger partial charge in [0.25, 0.3) is 0 Å². The number of hydrogen-bond donors (Lipinski definition) is 0. The Labute approximate surface area is 173 Å². The molecule has 0 N–H and O–H groups in total. The predicted molar refractivity (Wildman–Crippen MR) is 109 cm³/mol. The van der Waals surface area contributed by atoms with E-state index in [0.29, 0.717) is 47.9 Å². The average Bonchev–Trinajstić information content (AvgIpc) is 2.76. The average molecular weight is 408 g/mol. The maximum absolute atomic E-state index is 15.0. The van der Waals surface area contributed by atoms with Gasteiger partial charge in [-0.15, -0.1) is 0 Å². The fourth-order valence-corrected chi connectivity index (χ4v) is 4.04. The summed E-state index contributed by atoms with van der Waals surface area (Å²) in [5.74, 6) is 3.19.